The van der Waals surface area contributed by atoms with E-state index in [0.717, 1.165) is 33.2 Å². The number of carboxylic acid groups (broad SMARTS) is 1. The molecule has 3 N–H and O–H groups in total. The van der Waals surface area contributed by atoms with E-state index in [-0.39, 0.29) is 6.10 Å². The average Bonchev–Trinajstić information content (AvgIpc) is 3.15. The fraction of sp³-hybridized carbons (Fsp3) is 0.222. The number of nitrogens with zero attached hydrogens (tertiary/aromatic N) is 1. The summed E-state index contributed by atoms with van der Waals surface area (Å²) in [7, 11) is 2.02. The molecule has 4 rings (SSSR count). The molecule has 0 aliphatic carbocycles. The molecule has 4 aromatic rings. The lowest BCUT2D eigenvalue weighted by molar-refractivity contribution is -0.141. The minimum Gasteiger partial charge on any atom is -0.483 e. The lowest BCUT2D eigenvalue weighted by Gasteiger charge is -2.21. The van der Waals surface area contributed by atoms with Crippen molar-refractivity contribution in [2.24, 2.45) is 13.0 Å². The highest BCUT2D eigenvalue weighted by molar-refractivity contribution is 5.88. The van der Waals surface area contributed by atoms with Gasteiger partial charge in [0.25, 0.3) is 0 Å². The van der Waals surface area contributed by atoms with Gasteiger partial charge in [-0.3, -0.25) is 4.79 Å². The number of benzene rings is 3. The molecule has 5 heteroatoms. The van der Waals surface area contributed by atoms with E-state index in [4.69, 9.17) is 10.5 Å². The number of nitrogens with two attached hydrogens (primary N) is 1. The van der Waals surface area contributed by atoms with Crippen LogP contribution in [0.4, 0.5) is 5.69 Å². The van der Waals surface area contributed by atoms with Crippen LogP contribution in [-0.4, -0.2) is 15.6 Å². The summed E-state index contributed by atoms with van der Waals surface area (Å²) in [6.07, 6.45) is 2.23. The Morgan fingerprint density at radius 1 is 1.06 bits per heavy atom. The maximum atomic E-state index is 11.4. The number of hydrogen-bond donors (Lipinski definition) is 2. The van der Waals surface area contributed by atoms with E-state index in [0.29, 0.717) is 17.9 Å². The smallest absolute Gasteiger partial charge is 0.306 e. The topological polar surface area (TPSA) is 77.5 Å². The van der Waals surface area contributed by atoms with Crippen LogP contribution in [0, 0.1) is 5.92 Å². The molecule has 0 aliphatic heterocycles. The monoisotopic (exact) mass is 428 g/mol. The van der Waals surface area contributed by atoms with Crippen molar-refractivity contribution in [2.45, 2.75) is 26.4 Å². The molecule has 0 aliphatic rings. The van der Waals surface area contributed by atoms with Gasteiger partial charge in [-0.2, -0.15) is 0 Å². The number of fused-ring (bicyclic) bond motifs is 1. The molecule has 0 saturated carbocycles. The number of nitrogen functional groups attached to an aromatic ring is 1. The maximum absolute atomic E-state index is 11.4. The van der Waals surface area contributed by atoms with Gasteiger partial charge in [-0.1, -0.05) is 43.3 Å². The highest BCUT2D eigenvalue weighted by Gasteiger charge is 2.19. The van der Waals surface area contributed by atoms with Crippen LogP contribution >= 0.6 is 0 Å². The van der Waals surface area contributed by atoms with Crippen molar-refractivity contribution in [3.63, 3.8) is 0 Å². The standard InChI is InChI=1S/C27H28N2O3/c1-17(27(30)31)13-19-14-23(21-9-10-25-22(16-21)11-12-29(25)3)26(24(28)15-19)32-18(2)20-7-5-4-6-8-20/h4-12,14-18H,13,28H2,1-3H3,(H,30,31). The quantitative estimate of drug-likeness (QED) is 0.363. The Morgan fingerprint density at radius 2 is 1.81 bits per heavy atom. The third-order valence-electron chi connectivity index (χ3n) is 5.90. The molecule has 164 valence electrons. The minimum absolute atomic E-state index is 0.193. The van der Waals surface area contributed by atoms with Crippen molar-refractivity contribution in [1.82, 2.24) is 4.57 Å². The Kier molecular flexibility index (Phi) is 5.91. The van der Waals surface area contributed by atoms with Gasteiger partial charge in [0, 0.05) is 29.7 Å². The molecule has 32 heavy (non-hydrogen) atoms. The number of carboxylic acids is 1. The third-order valence-corrected chi connectivity index (χ3v) is 5.90. The molecule has 2 atom stereocenters. The summed E-state index contributed by atoms with van der Waals surface area (Å²) in [6.45, 7) is 3.70. The van der Waals surface area contributed by atoms with Crippen LogP contribution in [0.1, 0.15) is 31.1 Å². The van der Waals surface area contributed by atoms with Gasteiger partial charge in [0.15, 0.2) is 5.75 Å². The van der Waals surface area contributed by atoms with E-state index in [9.17, 15) is 9.90 Å². The zero-order valence-corrected chi connectivity index (χ0v) is 18.6. The van der Waals surface area contributed by atoms with E-state index in [2.05, 4.69) is 28.8 Å². The summed E-state index contributed by atoms with van der Waals surface area (Å²) in [6, 6.07) is 22.2. The fourth-order valence-corrected chi connectivity index (χ4v) is 4.04. The predicted molar refractivity (Wildman–Crippen MR) is 129 cm³/mol. The molecule has 0 spiro atoms. The van der Waals surface area contributed by atoms with Gasteiger partial charge in [-0.15, -0.1) is 0 Å². The molecular weight excluding hydrogens is 400 g/mol. The second-order valence-corrected chi connectivity index (χ2v) is 8.38. The van der Waals surface area contributed by atoms with Gasteiger partial charge >= 0.3 is 5.97 Å². The molecule has 0 fully saturated rings. The van der Waals surface area contributed by atoms with E-state index in [1.54, 1.807) is 6.92 Å². The van der Waals surface area contributed by atoms with Crippen LogP contribution in [0.2, 0.25) is 0 Å². The summed E-state index contributed by atoms with van der Waals surface area (Å²) in [4.78, 5) is 11.4. The van der Waals surface area contributed by atoms with E-state index in [1.807, 2.05) is 62.6 Å². The number of ether oxygens (including phenoxy) is 1. The maximum Gasteiger partial charge on any atom is 0.306 e. The van der Waals surface area contributed by atoms with E-state index in [1.165, 1.54) is 0 Å². The van der Waals surface area contributed by atoms with Gasteiger partial charge in [0.2, 0.25) is 0 Å². The van der Waals surface area contributed by atoms with Crippen molar-refractivity contribution >= 4 is 22.6 Å². The summed E-state index contributed by atoms with van der Waals surface area (Å²) < 4.78 is 8.47. The third kappa shape index (κ3) is 4.33. The molecule has 2 unspecified atom stereocenters. The lowest BCUT2D eigenvalue weighted by atomic mass is 9.94. The largest absolute Gasteiger partial charge is 0.483 e. The number of rotatable bonds is 7. The molecule has 1 aromatic heterocycles. The number of aryl methyl sites for hydroxylation is 1. The van der Waals surface area contributed by atoms with Crippen LogP contribution in [0.15, 0.2) is 72.9 Å². The zero-order chi connectivity index (χ0) is 22.8. The summed E-state index contributed by atoms with van der Waals surface area (Å²) in [5.74, 6) is -0.717. The second kappa shape index (κ2) is 8.79. The summed E-state index contributed by atoms with van der Waals surface area (Å²) >= 11 is 0. The summed E-state index contributed by atoms with van der Waals surface area (Å²) in [5, 5.41) is 10.5. The molecule has 0 amide bonds. The SMILES string of the molecule is CC(Cc1cc(N)c(OC(C)c2ccccc2)c(-c2ccc3c(ccn3C)c2)c1)C(=O)O. The van der Waals surface area contributed by atoms with Gasteiger partial charge < -0.3 is 20.1 Å². The Morgan fingerprint density at radius 3 is 2.53 bits per heavy atom. The van der Waals surface area contributed by atoms with Crippen molar-refractivity contribution in [3.8, 4) is 16.9 Å². The van der Waals surface area contributed by atoms with E-state index >= 15 is 0 Å². The number of anilines is 1. The molecule has 1 heterocycles. The molecule has 0 radical (unpaired) electrons. The lowest BCUT2D eigenvalue weighted by Crippen LogP contribution is -2.13. The second-order valence-electron chi connectivity index (χ2n) is 8.38. The normalized spacial score (nSPS) is 13.1. The first-order valence-corrected chi connectivity index (χ1v) is 10.8. The van der Waals surface area contributed by atoms with E-state index < -0.39 is 11.9 Å². The number of aromatic nitrogens is 1. The Hall–Kier alpha value is -3.73. The van der Waals surface area contributed by atoms with Gasteiger partial charge in [-0.25, -0.2) is 0 Å². The van der Waals surface area contributed by atoms with Gasteiger partial charge in [0.1, 0.15) is 6.10 Å². The first-order chi connectivity index (χ1) is 15.3. The first kappa shape index (κ1) is 21.5. The van der Waals surface area contributed by atoms with Crippen molar-refractivity contribution in [3.05, 3.63) is 84.1 Å². The number of hydrogen-bond acceptors (Lipinski definition) is 3. The fourth-order valence-electron chi connectivity index (χ4n) is 4.04. The van der Waals surface area contributed by atoms with Crippen molar-refractivity contribution in [1.29, 1.82) is 0 Å². The highest BCUT2D eigenvalue weighted by Crippen LogP contribution is 2.40. The summed E-state index contributed by atoms with van der Waals surface area (Å²) in [5.41, 5.74) is 11.9. The Labute approximate surface area is 188 Å². The average molecular weight is 429 g/mol. The first-order valence-electron chi connectivity index (χ1n) is 10.8. The van der Waals surface area contributed by atoms with Crippen LogP contribution < -0.4 is 10.5 Å². The predicted octanol–water partition coefficient (Wildman–Crippen LogP) is 5.83. The number of carbonyl (C=O) groups is 1. The highest BCUT2D eigenvalue weighted by atomic mass is 16.5. The van der Waals surface area contributed by atoms with Crippen LogP contribution in [-0.2, 0) is 18.3 Å². The number of aliphatic carboxylic acids is 1. The molecule has 5 nitrogen and oxygen atoms in total. The minimum atomic E-state index is -0.825. The van der Waals surface area contributed by atoms with Crippen LogP contribution in [0.25, 0.3) is 22.0 Å². The van der Waals surface area contributed by atoms with Gasteiger partial charge in [0.05, 0.1) is 11.6 Å². The Balaban J connectivity index is 1.80. The van der Waals surface area contributed by atoms with Crippen molar-refractivity contribution in [2.75, 3.05) is 5.73 Å². The van der Waals surface area contributed by atoms with Gasteiger partial charge in [-0.05, 0) is 60.4 Å². The van der Waals surface area contributed by atoms with Crippen LogP contribution in [0.5, 0.6) is 5.75 Å². The van der Waals surface area contributed by atoms with Crippen LogP contribution in [0.3, 0.4) is 0 Å². The molecular formula is C27H28N2O3. The van der Waals surface area contributed by atoms with Crippen molar-refractivity contribution < 1.29 is 14.6 Å². The Bertz CT molecular complexity index is 1260. The zero-order valence-electron chi connectivity index (χ0n) is 18.6. The molecule has 0 saturated heterocycles. The molecule has 3 aromatic carbocycles. The molecule has 0 bridgehead atoms.